The molecule has 0 aliphatic carbocycles. The van der Waals surface area contributed by atoms with Gasteiger partial charge in [0, 0.05) is 0 Å². The van der Waals surface area contributed by atoms with Crippen molar-refractivity contribution in [3.63, 3.8) is 0 Å². The summed E-state index contributed by atoms with van der Waals surface area (Å²) in [7, 11) is 0. The Morgan fingerprint density at radius 2 is 2.33 bits per heavy atom. The van der Waals surface area contributed by atoms with Crippen LogP contribution >= 0.6 is 0 Å². The molecule has 1 fully saturated rings. The highest BCUT2D eigenvalue weighted by molar-refractivity contribution is 5.78. The first kappa shape index (κ1) is 6.51. The number of rotatable bonds is 0. The Morgan fingerprint density at radius 3 is 2.44 bits per heavy atom. The molecule has 0 amide bonds. The van der Waals surface area contributed by atoms with Gasteiger partial charge in [-0.05, 0) is 6.92 Å². The van der Waals surface area contributed by atoms with Gasteiger partial charge >= 0.3 is 5.97 Å². The van der Waals surface area contributed by atoms with E-state index in [-0.39, 0.29) is 0 Å². The van der Waals surface area contributed by atoms with Gasteiger partial charge in [-0.15, -0.1) is 0 Å². The van der Waals surface area contributed by atoms with E-state index in [1.807, 2.05) is 0 Å². The van der Waals surface area contributed by atoms with Crippen LogP contribution in [0.1, 0.15) is 6.92 Å². The van der Waals surface area contributed by atoms with E-state index in [2.05, 4.69) is 4.74 Å². The van der Waals surface area contributed by atoms with Gasteiger partial charge in [-0.2, -0.15) is 0 Å². The maximum absolute atomic E-state index is 10.5. The fourth-order valence-electron chi connectivity index (χ4n) is 0.763. The number of carbonyl (C=O) groups is 1. The molecule has 0 aromatic carbocycles. The third kappa shape index (κ3) is 0.906. The van der Waals surface area contributed by atoms with Gasteiger partial charge < -0.3 is 15.6 Å². The third-order valence-electron chi connectivity index (χ3n) is 1.42. The SMILES string of the molecule is CC1OC(=O)C(N)C1O. The number of ether oxygens (including phenoxy) is 1. The normalized spacial score (nSPS) is 43.0. The van der Waals surface area contributed by atoms with Crippen LogP contribution in [-0.4, -0.2) is 29.3 Å². The molecule has 9 heavy (non-hydrogen) atoms. The fourth-order valence-corrected chi connectivity index (χ4v) is 0.763. The van der Waals surface area contributed by atoms with E-state index in [0.717, 1.165) is 0 Å². The number of hydrogen-bond acceptors (Lipinski definition) is 4. The molecule has 4 heteroatoms. The molecule has 0 saturated carbocycles. The van der Waals surface area contributed by atoms with Crippen LogP contribution in [0.4, 0.5) is 0 Å². The molecule has 0 aromatic rings. The number of carbonyl (C=O) groups excluding carboxylic acids is 1. The summed E-state index contributed by atoms with van der Waals surface area (Å²) in [5.74, 6) is -0.519. The third-order valence-corrected chi connectivity index (χ3v) is 1.42. The maximum atomic E-state index is 10.5. The monoisotopic (exact) mass is 131 g/mol. The average molecular weight is 131 g/mol. The van der Waals surface area contributed by atoms with Crippen LogP contribution in [0.15, 0.2) is 0 Å². The van der Waals surface area contributed by atoms with Crippen molar-refractivity contribution in [1.82, 2.24) is 0 Å². The summed E-state index contributed by atoms with van der Waals surface area (Å²) in [6.07, 6.45) is -1.29. The minimum atomic E-state index is -0.847. The number of hydrogen-bond donors (Lipinski definition) is 2. The molecule has 0 spiro atoms. The summed E-state index contributed by atoms with van der Waals surface area (Å²) in [6, 6.07) is -0.847. The van der Waals surface area contributed by atoms with E-state index in [1.165, 1.54) is 0 Å². The second-order valence-corrected chi connectivity index (χ2v) is 2.16. The van der Waals surface area contributed by atoms with Gasteiger partial charge in [-0.25, -0.2) is 0 Å². The van der Waals surface area contributed by atoms with E-state index in [1.54, 1.807) is 6.92 Å². The zero-order valence-corrected chi connectivity index (χ0v) is 5.07. The Hall–Kier alpha value is -0.610. The Kier molecular flexibility index (Phi) is 1.42. The predicted molar refractivity (Wildman–Crippen MR) is 29.5 cm³/mol. The second-order valence-electron chi connectivity index (χ2n) is 2.16. The molecular weight excluding hydrogens is 122 g/mol. The van der Waals surface area contributed by atoms with Crippen LogP contribution in [0.5, 0.6) is 0 Å². The Labute approximate surface area is 52.6 Å². The number of esters is 1. The lowest BCUT2D eigenvalue weighted by Gasteiger charge is -2.05. The van der Waals surface area contributed by atoms with E-state index in [4.69, 9.17) is 10.8 Å². The molecule has 0 radical (unpaired) electrons. The number of cyclic esters (lactones) is 1. The molecule has 3 unspecified atom stereocenters. The average Bonchev–Trinajstić information content (AvgIpc) is 1.98. The van der Waals surface area contributed by atoms with E-state index in [9.17, 15) is 4.79 Å². The molecule has 52 valence electrons. The molecular formula is C5H9NO3. The highest BCUT2D eigenvalue weighted by Gasteiger charge is 2.38. The maximum Gasteiger partial charge on any atom is 0.326 e. The lowest BCUT2D eigenvalue weighted by molar-refractivity contribution is -0.141. The molecule has 1 rings (SSSR count). The second kappa shape index (κ2) is 1.97. The summed E-state index contributed by atoms with van der Waals surface area (Å²) < 4.78 is 4.57. The van der Waals surface area contributed by atoms with Gasteiger partial charge in [-0.1, -0.05) is 0 Å². The van der Waals surface area contributed by atoms with E-state index >= 15 is 0 Å². The molecule has 4 nitrogen and oxygen atoms in total. The quantitative estimate of drug-likeness (QED) is 0.397. The summed E-state index contributed by atoms with van der Waals surface area (Å²) in [6.45, 7) is 1.61. The van der Waals surface area contributed by atoms with Crippen molar-refractivity contribution < 1.29 is 14.6 Å². The van der Waals surface area contributed by atoms with Crippen molar-refractivity contribution in [2.45, 2.75) is 25.2 Å². The van der Waals surface area contributed by atoms with Crippen molar-refractivity contribution in [3.8, 4) is 0 Å². The number of aliphatic hydroxyl groups excluding tert-OH is 1. The van der Waals surface area contributed by atoms with Crippen molar-refractivity contribution >= 4 is 5.97 Å². The van der Waals surface area contributed by atoms with Crippen LogP contribution in [0.2, 0.25) is 0 Å². The molecule has 1 aliphatic heterocycles. The van der Waals surface area contributed by atoms with Gasteiger partial charge in [0.1, 0.15) is 18.2 Å². The highest BCUT2D eigenvalue weighted by atomic mass is 16.6. The Bertz CT molecular complexity index is 136. The van der Waals surface area contributed by atoms with Crippen molar-refractivity contribution in [3.05, 3.63) is 0 Å². The Morgan fingerprint density at radius 1 is 1.78 bits per heavy atom. The summed E-state index contributed by atoms with van der Waals surface area (Å²) in [5.41, 5.74) is 5.19. The first-order valence-electron chi connectivity index (χ1n) is 2.77. The van der Waals surface area contributed by atoms with Crippen LogP contribution in [0.3, 0.4) is 0 Å². The van der Waals surface area contributed by atoms with E-state index in [0.29, 0.717) is 0 Å². The van der Waals surface area contributed by atoms with Gasteiger partial charge in [-0.3, -0.25) is 4.79 Å². The number of aliphatic hydroxyl groups is 1. The lowest BCUT2D eigenvalue weighted by Crippen LogP contribution is -2.37. The highest BCUT2D eigenvalue weighted by Crippen LogP contribution is 2.12. The van der Waals surface area contributed by atoms with Gasteiger partial charge in [0.25, 0.3) is 0 Å². The molecule has 1 saturated heterocycles. The first-order valence-corrected chi connectivity index (χ1v) is 2.77. The molecule has 0 aromatic heterocycles. The number of nitrogens with two attached hydrogens (primary N) is 1. The molecule has 1 heterocycles. The van der Waals surface area contributed by atoms with Crippen molar-refractivity contribution in [2.75, 3.05) is 0 Å². The molecule has 3 atom stereocenters. The van der Waals surface area contributed by atoms with Crippen LogP contribution in [-0.2, 0) is 9.53 Å². The van der Waals surface area contributed by atoms with Crippen molar-refractivity contribution in [2.24, 2.45) is 5.73 Å². The lowest BCUT2D eigenvalue weighted by atomic mass is 10.1. The van der Waals surface area contributed by atoms with Gasteiger partial charge in [0.15, 0.2) is 0 Å². The van der Waals surface area contributed by atoms with Crippen LogP contribution in [0, 0.1) is 0 Å². The van der Waals surface area contributed by atoms with Crippen LogP contribution < -0.4 is 5.73 Å². The van der Waals surface area contributed by atoms with Crippen molar-refractivity contribution in [1.29, 1.82) is 0 Å². The zero-order chi connectivity index (χ0) is 7.02. The standard InChI is InChI=1S/C5H9NO3/c1-2-4(7)3(6)5(8)9-2/h2-4,7H,6H2,1H3. The summed E-state index contributed by atoms with van der Waals surface area (Å²) >= 11 is 0. The zero-order valence-electron chi connectivity index (χ0n) is 5.07. The van der Waals surface area contributed by atoms with E-state index < -0.39 is 24.2 Å². The fraction of sp³-hybridized carbons (Fsp3) is 0.800. The van der Waals surface area contributed by atoms with Gasteiger partial charge in [0.05, 0.1) is 0 Å². The van der Waals surface area contributed by atoms with Crippen LogP contribution in [0.25, 0.3) is 0 Å². The van der Waals surface area contributed by atoms with Gasteiger partial charge in [0.2, 0.25) is 0 Å². The molecule has 3 N–H and O–H groups in total. The molecule has 1 aliphatic rings. The summed E-state index contributed by atoms with van der Waals surface area (Å²) in [5, 5.41) is 8.97. The smallest absolute Gasteiger partial charge is 0.326 e. The topological polar surface area (TPSA) is 72.5 Å². The predicted octanol–water partition coefficient (Wildman–Crippen LogP) is -1.38. The Balaban J connectivity index is 2.65. The minimum absolute atomic E-state index is 0.451. The first-order chi connectivity index (χ1) is 4.13. The largest absolute Gasteiger partial charge is 0.459 e. The summed E-state index contributed by atoms with van der Waals surface area (Å²) in [4.78, 5) is 10.5. The molecule has 0 bridgehead atoms. The minimum Gasteiger partial charge on any atom is -0.459 e.